The lowest BCUT2D eigenvalue weighted by Crippen LogP contribution is -2.45. The molecule has 21 heavy (non-hydrogen) atoms. The zero-order chi connectivity index (χ0) is 15.5. The Kier molecular flexibility index (Phi) is 4.95. The van der Waals surface area contributed by atoms with Crippen LogP contribution < -0.4 is 10.1 Å². The zero-order valence-electron chi connectivity index (χ0n) is 13.8. The van der Waals surface area contributed by atoms with Gasteiger partial charge in [0, 0.05) is 12.6 Å². The third-order valence-electron chi connectivity index (χ3n) is 4.89. The Hall–Kier alpha value is -1.06. The van der Waals surface area contributed by atoms with E-state index in [1.165, 1.54) is 5.56 Å². The minimum atomic E-state index is -0.545. The molecule has 1 aliphatic rings. The van der Waals surface area contributed by atoms with Crippen LogP contribution in [0.25, 0.3) is 0 Å². The number of nitrogens with one attached hydrogen (secondary N) is 1. The first kappa shape index (κ1) is 16.3. The molecule has 0 amide bonds. The molecule has 2 rings (SSSR count). The van der Waals surface area contributed by atoms with E-state index in [2.05, 4.69) is 38.2 Å². The van der Waals surface area contributed by atoms with Gasteiger partial charge in [0.25, 0.3) is 0 Å². The van der Waals surface area contributed by atoms with Crippen molar-refractivity contribution in [2.75, 3.05) is 13.7 Å². The van der Waals surface area contributed by atoms with Crippen LogP contribution in [-0.4, -0.2) is 24.4 Å². The molecular formula is C18H29NO2. The van der Waals surface area contributed by atoms with Crippen LogP contribution >= 0.6 is 0 Å². The van der Waals surface area contributed by atoms with Crippen molar-refractivity contribution in [1.82, 2.24) is 5.32 Å². The molecule has 3 heteroatoms. The van der Waals surface area contributed by atoms with Crippen LogP contribution in [0.4, 0.5) is 0 Å². The molecule has 1 fully saturated rings. The van der Waals surface area contributed by atoms with E-state index in [9.17, 15) is 5.11 Å². The van der Waals surface area contributed by atoms with Gasteiger partial charge in [0.1, 0.15) is 5.75 Å². The van der Waals surface area contributed by atoms with E-state index in [0.29, 0.717) is 12.0 Å². The molecule has 0 radical (unpaired) electrons. The maximum atomic E-state index is 10.7. The van der Waals surface area contributed by atoms with Crippen LogP contribution in [0.1, 0.15) is 58.1 Å². The summed E-state index contributed by atoms with van der Waals surface area (Å²) < 4.78 is 5.18. The van der Waals surface area contributed by atoms with Gasteiger partial charge in [-0.1, -0.05) is 26.0 Å². The van der Waals surface area contributed by atoms with E-state index in [1.54, 1.807) is 7.11 Å². The fourth-order valence-electron chi connectivity index (χ4n) is 2.92. The van der Waals surface area contributed by atoms with Crippen LogP contribution in [-0.2, 0) is 0 Å². The average molecular weight is 291 g/mol. The maximum absolute atomic E-state index is 10.7. The Morgan fingerprint density at radius 3 is 2.24 bits per heavy atom. The summed E-state index contributed by atoms with van der Waals surface area (Å²) in [5.74, 6) is 0.874. The Balaban J connectivity index is 1.87. The van der Waals surface area contributed by atoms with Gasteiger partial charge in [-0.2, -0.15) is 0 Å². The number of benzene rings is 1. The Labute approximate surface area is 128 Å². The van der Waals surface area contributed by atoms with E-state index in [0.717, 1.165) is 31.4 Å². The van der Waals surface area contributed by atoms with Crippen molar-refractivity contribution in [2.45, 2.75) is 58.1 Å². The molecule has 118 valence electrons. The summed E-state index contributed by atoms with van der Waals surface area (Å²) >= 11 is 0. The van der Waals surface area contributed by atoms with Gasteiger partial charge in [-0.3, -0.25) is 0 Å². The second-order valence-electron chi connectivity index (χ2n) is 7.26. The van der Waals surface area contributed by atoms with Gasteiger partial charge in [0.15, 0.2) is 0 Å². The Morgan fingerprint density at radius 2 is 1.71 bits per heavy atom. The number of methoxy groups -OCH3 is 1. The third kappa shape index (κ3) is 4.45. The molecule has 1 aromatic rings. The first-order valence-corrected chi connectivity index (χ1v) is 7.93. The molecule has 1 saturated carbocycles. The molecule has 0 heterocycles. The molecule has 1 atom stereocenters. The van der Waals surface area contributed by atoms with Crippen molar-refractivity contribution in [3.05, 3.63) is 29.8 Å². The summed E-state index contributed by atoms with van der Waals surface area (Å²) in [6, 6.07) is 8.33. The van der Waals surface area contributed by atoms with Gasteiger partial charge >= 0.3 is 0 Å². The SMILES string of the molecule is COc1ccc(C(C)NCC2(O)CCC(C)(C)CC2)cc1. The number of rotatable bonds is 5. The molecule has 0 spiro atoms. The highest BCUT2D eigenvalue weighted by Gasteiger charge is 2.36. The molecule has 2 N–H and O–H groups in total. The quantitative estimate of drug-likeness (QED) is 0.869. The van der Waals surface area contributed by atoms with Crippen LogP contribution in [0, 0.1) is 5.41 Å². The van der Waals surface area contributed by atoms with E-state index in [1.807, 2.05) is 12.1 Å². The fraction of sp³-hybridized carbons (Fsp3) is 0.667. The predicted octanol–water partition coefficient (Wildman–Crippen LogP) is 3.68. The Morgan fingerprint density at radius 1 is 1.14 bits per heavy atom. The number of ether oxygens (including phenoxy) is 1. The number of hydrogen-bond acceptors (Lipinski definition) is 3. The lowest BCUT2D eigenvalue weighted by atomic mass is 9.71. The van der Waals surface area contributed by atoms with Gasteiger partial charge in [0.05, 0.1) is 12.7 Å². The van der Waals surface area contributed by atoms with Gasteiger partial charge in [0.2, 0.25) is 0 Å². The van der Waals surface area contributed by atoms with Crippen LogP contribution in [0.5, 0.6) is 5.75 Å². The molecule has 3 nitrogen and oxygen atoms in total. The van der Waals surface area contributed by atoms with Crippen molar-refractivity contribution in [2.24, 2.45) is 5.41 Å². The van der Waals surface area contributed by atoms with Crippen LogP contribution in [0.2, 0.25) is 0 Å². The predicted molar refractivity (Wildman–Crippen MR) is 86.6 cm³/mol. The standard InChI is InChI=1S/C18H29NO2/c1-14(15-5-7-16(21-4)8-6-15)19-13-18(20)11-9-17(2,3)10-12-18/h5-8,14,19-20H,9-13H2,1-4H3. The summed E-state index contributed by atoms with van der Waals surface area (Å²) in [6.07, 6.45) is 3.98. The topological polar surface area (TPSA) is 41.5 Å². The van der Waals surface area contributed by atoms with Crippen LogP contribution in [0.15, 0.2) is 24.3 Å². The molecule has 1 unspecified atom stereocenters. The van der Waals surface area contributed by atoms with Crippen molar-refractivity contribution >= 4 is 0 Å². The van der Waals surface area contributed by atoms with Crippen molar-refractivity contribution in [3.8, 4) is 5.75 Å². The van der Waals surface area contributed by atoms with E-state index >= 15 is 0 Å². The summed E-state index contributed by atoms with van der Waals surface area (Å²) in [5.41, 5.74) is 1.06. The molecule has 1 aromatic carbocycles. The number of hydrogen-bond donors (Lipinski definition) is 2. The average Bonchev–Trinajstić information content (AvgIpc) is 2.49. The van der Waals surface area contributed by atoms with Crippen LogP contribution in [0.3, 0.4) is 0 Å². The molecule has 0 aromatic heterocycles. The van der Waals surface area contributed by atoms with E-state index < -0.39 is 5.60 Å². The minimum Gasteiger partial charge on any atom is -0.497 e. The molecule has 1 aliphatic carbocycles. The molecular weight excluding hydrogens is 262 g/mol. The van der Waals surface area contributed by atoms with Gasteiger partial charge in [-0.05, 0) is 55.7 Å². The lowest BCUT2D eigenvalue weighted by molar-refractivity contribution is -0.0258. The zero-order valence-corrected chi connectivity index (χ0v) is 13.8. The monoisotopic (exact) mass is 291 g/mol. The van der Waals surface area contributed by atoms with Crippen molar-refractivity contribution in [1.29, 1.82) is 0 Å². The molecule has 0 saturated heterocycles. The highest BCUT2D eigenvalue weighted by atomic mass is 16.5. The molecule has 0 bridgehead atoms. The Bertz CT molecular complexity index is 443. The van der Waals surface area contributed by atoms with Gasteiger partial charge in [-0.25, -0.2) is 0 Å². The van der Waals surface area contributed by atoms with E-state index in [-0.39, 0.29) is 6.04 Å². The second kappa shape index (κ2) is 6.37. The first-order chi connectivity index (χ1) is 9.84. The minimum absolute atomic E-state index is 0.231. The van der Waals surface area contributed by atoms with Crippen molar-refractivity contribution < 1.29 is 9.84 Å². The van der Waals surface area contributed by atoms with Crippen molar-refractivity contribution in [3.63, 3.8) is 0 Å². The summed E-state index contributed by atoms with van der Waals surface area (Å²) in [5, 5.41) is 14.2. The lowest BCUT2D eigenvalue weighted by Gasteiger charge is -2.40. The summed E-state index contributed by atoms with van der Waals surface area (Å²) in [7, 11) is 1.68. The summed E-state index contributed by atoms with van der Waals surface area (Å²) in [6.45, 7) is 7.38. The number of aliphatic hydroxyl groups is 1. The second-order valence-corrected chi connectivity index (χ2v) is 7.26. The van der Waals surface area contributed by atoms with E-state index in [4.69, 9.17) is 4.74 Å². The molecule has 0 aliphatic heterocycles. The normalized spacial score (nSPS) is 21.8. The maximum Gasteiger partial charge on any atom is 0.118 e. The third-order valence-corrected chi connectivity index (χ3v) is 4.89. The highest BCUT2D eigenvalue weighted by Crippen LogP contribution is 2.40. The van der Waals surface area contributed by atoms with Gasteiger partial charge < -0.3 is 15.2 Å². The largest absolute Gasteiger partial charge is 0.497 e. The van der Waals surface area contributed by atoms with Gasteiger partial charge in [-0.15, -0.1) is 0 Å². The first-order valence-electron chi connectivity index (χ1n) is 7.93. The fourth-order valence-corrected chi connectivity index (χ4v) is 2.92. The smallest absolute Gasteiger partial charge is 0.118 e. The highest BCUT2D eigenvalue weighted by molar-refractivity contribution is 5.28. The summed E-state index contributed by atoms with van der Waals surface area (Å²) in [4.78, 5) is 0.